The van der Waals surface area contributed by atoms with E-state index in [2.05, 4.69) is 132 Å². The van der Waals surface area contributed by atoms with E-state index in [0.29, 0.717) is 59.6 Å². The summed E-state index contributed by atoms with van der Waals surface area (Å²) in [4.78, 5) is 35.2. The van der Waals surface area contributed by atoms with Crippen LogP contribution in [0, 0.1) is 85.8 Å². The molecule has 0 aliphatic carbocycles. The zero-order valence-electron chi connectivity index (χ0n) is 68.5. The molecular weight excluding hydrogens is 2280 g/mol. The van der Waals surface area contributed by atoms with Crippen LogP contribution < -0.4 is 0 Å². The number of aliphatic hydroxyl groups is 8. The van der Waals surface area contributed by atoms with Gasteiger partial charge in [0.1, 0.15) is 11.6 Å². The molecule has 14 aromatic rings. The first-order chi connectivity index (χ1) is 56.3. The average Bonchev–Trinajstić information content (AvgIpc) is 0.748. The Balaban J connectivity index is 0.000000376. The number of hydrogen-bond acceptors (Lipinski definition) is 16. The predicted octanol–water partition coefficient (Wildman–Crippen LogP) is 19.2. The van der Waals surface area contributed by atoms with Gasteiger partial charge in [0.05, 0.1) is 77.2 Å². The molecule has 16 nitrogen and oxygen atoms in total. The van der Waals surface area contributed by atoms with Crippen LogP contribution in [-0.4, -0.2) is 130 Å². The molecule has 8 atom stereocenters. The van der Waals surface area contributed by atoms with Gasteiger partial charge in [-0.1, -0.05) is 78.9 Å². The van der Waals surface area contributed by atoms with Crippen molar-refractivity contribution in [1.82, 2.24) is 39.9 Å². The van der Waals surface area contributed by atoms with Crippen LogP contribution in [0.4, 0.5) is 30.7 Å². The Labute approximate surface area is 761 Å². The molecule has 0 fully saturated rings. The fraction of sp³-hybridized carbons (Fsp3) is 0.242. The van der Waals surface area contributed by atoms with Gasteiger partial charge in [-0.25, -0.2) is 30.7 Å². The van der Waals surface area contributed by atoms with Crippen molar-refractivity contribution in [3.05, 3.63) is 313 Å². The fourth-order valence-corrected chi connectivity index (χ4v) is 11.7. The van der Waals surface area contributed by atoms with Crippen LogP contribution in [0.25, 0.3) is 112 Å². The summed E-state index contributed by atoms with van der Waals surface area (Å²) in [6.07, 6.45) is 6.84. The molecule has 122 heavy (non-hydrogen) atoms. The van der Waals surface area contributed by atoms with Crippen LogP contribution in [0.5, 0.6) is 0 Å². The molecule has 14 rings (SSSR count). The van der Waals surface area contributed by atoms with E-state index in [0.717, 1.165) is 68.6 Å². The van der Waals surface area contributed by atoms with E-state index in [-0.39, 0.29) is 135 Å². The molecule has 4 aromatic heterocycles. The van der Waals surface area contributed by atoms with Gasteiger partial charge in [0.25, 0.3) is 0 Å². The van der Waals surface area contributed by atoms with Crippen LogP contribution in [0.15, 0.2) is 231 Å². The molecule has 4 heterocycles. The second kappa shape index (κ2) is 54.4. The Kier molecular flexibility index (Phi) is 47.8. The summed E-state index contributed by atoms with van der Waals surface area (Å²) in [5, 5.41) is 73.4. The third kappa shape index (κ3) is 34.5. The molecule has 4 radical (unpaired) electrons. The minimum atomic E-state index is -2.21. The predicted molar refractivity (Wildman–Crippen MR) is 448 cm³/mol. The molecule has 0 saturated heterocycles. The van der Waals surface area contributed by atoms with Crippen molar-refractivity contribution in [3.63, 3.8) is 0 Å². The Morgan fingerprint density at radius 3 is 0.975 bits per heavy atom. The molecule has 0 amide bonds. The monoisotopic (exact) mass is 2380 g/mol. The Morgan fingerprint density at radius 2 is 0.607 bits per heavy atom. The molecular formula is C95H95F7Ir4N8O8-4. The third-order valence-corrected chi connectivity index (χ3v) is 16.8. The molecule has 652 valence electrons. The third-order valence-electron chi connectivity index (χ3n) is 16.8. The minimum Gasteiger partial charge on any atom is -0.393 e. The van der Waals surface area contributed by atoms with Gasteiger partial charge in [0, 0.05) is 174 Å². The SMILES string of the molecule is CC(O)CC(C)O.CC(O)CC(C)O.CC(O)CC(C)O.CC(O)CC(C)O.Cc1nc(-c2c(F)c(F)c(F)c(F)c2F)cnc1-c1[c-]cccc1.Cc1nc(-c2cc(F)cc(F)c2)cnc1-c1[c-]cccc1.Cc1nc(-c2ccc3ccccc3c2)cnc1-c1[c-]cccc1.[Ir].[Ir].[Ir].[Ir].[c-]1ccccc1-c1cnc(-c2cccc3ccccc23)cn1. The summed E-state index contributed by atoms with van der Waals surface area (Å²) in [6, 6.07) is 74.9. The summed E-state index contributed by atoms with van der Waals surface area (Å²) in [6.45, 7) is 18.6. The van der Waals surface area contributed by atoms with Crippen LogP contribution in [0.2, 0.25) is 0 Å². The Bertz CT molecular complexity index is 5300. The maximum atomic E-state index is 13.8. The molecule has 0 spiro atoms. The first kappa shape index (κ1) is 107. The van der Waals surface area contributed by atoms with E-state index in [1.807, 2.05) is 111 Å². The number of nitrogens with zero attached hydrogens (tertiary/aromatic N) is 8. The molecule has 10 aromatic carbocycles. The minimum absolute atomic E-state index is 0. The summed E-state index contributed by atoms with van der Waals surface area (Å²) in [5.41, 5.74) is 11.3. The molecule has 8 N–H and O–H groups in total. The van der Waals surface area contributed by atoms with Crippen molar-refractivity contribution in [2.45, 2.75) is 151 Å². The average molecular weight is 2380 g/mol. The smallest absolute Gasteiger partial charge is 0.200 e. The fourth-order valence-electron chi connectivity index (χ4n) is 11.7. The van der Waals surface area contributed by atoms with Gasteiger partial charge in [0.15, 0.2) is 23.3 Å². The molecule has 8 unspecified atom stereocenters. The second-order valence-electron chi connectivity index (χ2n) is 27.9. The van der Waals surface area contributed by atoms with Gasteiger partial charge in [-0.2, -0.15) is 0 Å². The largest absolute Gasteiger partial charge is 0.393 e. The quantitative estimate of drug-likeness (QED) is 0.0193. The van der Waals surface area contributed by atoms with E-state index >= 15 is 0 Å². The van der Waals surface area contributed by atoms with Crippen molar-refractivity contribution in [3.8, 4) is 90.1 Å². The van der Waals surface area contributed by atoms with E-state index in [1.165, 1.54) is 46.8 Å². The Morgan fingerprint density at radius 1 is 0.287 bits per heavy atom. The van der Waals surface area contributed by atoms with Gasteiger partial charge < -0.3 is 60.8 Å². The molecule has 0 aliphatic rings. The van der Waals surface area contributed by atoms with Gasteiger partial charge in [-0.3, -0.25) is 19.9 Å². The van der Waals surface area contributed by atoms with Crippen LogP contribution in [0.3, 0.4) is 0 Å². The van der Waals surface area contributed by atoms with E-state index in [4.69, 9.17) is 45.8 Å². The number of rotatable bonds is 16. The maximum absolute atomic E-state index is 13.8. The van der Waals surface area contributed by atoms with Crippen LogP contribution in [0.1, 0.15) is 98.2 Å². The van der Waals surface area contributed by atoms with Crippen molar-refractivity contribution in [2.75, 3.05) is 0 Å². The normalized spacial score (nSPS) is 12.3. The Hall–Kier alpha value is -9.17. The number of fused-ring (bicyclic) bond motifs is 2. The first-order valence-electron chi connectivity index (χ1n) is 37.9. The van der Waals surface area contributed by atoms with Crippen molar-refractivity contribution >= 4 is 21.5 Å². The van der Waals surface area contributed by atoms with Crippen molar-refractivity contribution in [2.24, 2.45) is 0 Å². The second-order valence-corrected chi connectivity index (χ2v) is 27.9. The number of halogens is 7. The summed E-state index contributed by atoms with van der Waals surface area (Å²) in [7, 11) is 0. The zero-order chi connectivity index (χ0) is 86.1. The standard InChI is InChI=1S/C21H15N2.C20H13N2.C17H8F5N2.C17H11F2N2.4C5H12O2.4Ir/c1-15-21(17-8-3-2-4-9-17)22-14-20(23-15)19-12-11-16-7-5-6-10-18(16)13-19;1-2-8-16(9-3-1)19-13-22-20(14-21-19)18-12-6-10-15-7-4-5-11-17(15)18;1-8-17(9-5-3-2-4-6-9)23-7-10(24-8)11-12(18)14(20)16(22)15(21)13(11)19;1-11-17(12-5-3-2-4-6-12)20-10-16(21-11)13-7-14(18)9-15(19)8-13;4*1-4(6)3-5(2)7;;;;/h2-8,10-14H,1H3;1-8,10-14H;2-5,7H,1H3;2-5,7-10H,1H3;4*4-7H,3H2,1-2H3;;;;/q4*-1;;;;;;;;. The summed E-state index contributed by atoms with van der Waals surface area (Å²) in [5.74, 6) is -11.4. The zero-order valence-corrected chi connectivity index (χ0v) is 78.1. The van der Waals surface area contributed by atoms with E-state index < -0.39 is 52.0 Å². The van der Waals surface area contributed by atoms with Crippen LogP contribution in [-0.2, 0) is 80.4 Å². The van der Waals surface area contributed by atoms with Gasteiger partial charge in [-0.05, 0) is 142 Å². The van der Waals surface area contributed by atoms with Gasteiger partial charge >= 0.3 is 0 Å². The maximum Gasteiger partial charge on any atom is 0.200 e. The number of aliphatic hydroxyl groups excluding tert-OH is 8. The number of aryl methyl sites for hydroxylation is 3. The van der Waals surface area contributed by atoms with Crippen LogP contribution >= 0.6 is 0 Å². The summed E-state index contributed by atoms with van der Waals surface area (Å²) >= 11 is 0. The molecule has 0 aliphatic heterocycles. The number of aromatic nitrogens is 8. The molecule has 0 saturated carbocycles. The van der Waals surface area contributed by atoms with Gasteiger partial charge in [-0.15, -0.1) is 144 Å². The number of hydrogen-bond donors (Lipinski definition) is 8. The van der Waals surface area contributed by atoms with E-state index in [9.17, 15) is 30.7 Å². The van der Waals surface area contributed by atoms with Gasteiger partial charge in [0.2, 0.25) is 5.82 Å². The van der Waals surface area contributed by atoms with Crippen molar-refractivity contribution < 1.29 is 152 Å². The molecule has 27 heteroatoms. The topological polar surface area (TPSA) is 265 Å². The van der Waals surface area contributed by atoms with E-state index in [1.54, 1.807) is 85.7 Å². The molecule has 0 bridgehead atoms. The van der Waals surface area contributed by atoms with Crippen molar-refractivity contribution in [1.29, 1.82) is 0 Å². The number of benzene rings is 10. The first-order valence-corrected chi connectivity index (χ1v) is 37.9. The summed E-state index contributed by atoms with van der Waals surface area (Å²) < 4.78 is 94.0.